The number of para-hydroxylation sites is 1. The van der Waals surface area contributed by atoms with E-state index in [-0.39, 0.29) is 29.4 Å². The topological polar surface area (TPSA) is 102 Å². The van der Waals surface area contributed by atoms with Gasteiger partial charge in [0.05, 0.1) is 11.8 Å². The van der Waals surface area contributed by atoms with Crippen LogP contribution in [0.3, 0.4) is 0 Å². The molecule has 3 N–H and O–H groups in total. The average Bonchev–Trinajstić information content (AvgIpc) is 3.28. The number of nitrogens with one attached hydrogen (secondary N) is 1. The van der Waals surface area contributed by atoms with Crippen molar-refractivity contribution in [3.8, 4) is 0 Å². The quantitative estimate of drug-likeness (QED) is 0.687. The molecule has 1 fully saturated rings. The lowest BCUT2D eigenvalue weighted by atomic mass is 9.90. The van der Waals surface area contributed by atoms with E-state index >= 15 is 0 Å². The lowest BCUT2D eigenvalue weighted by Crippen LogP contribution is -2.41. The monoisotopic (exact) mass is 359 g/mol. The number of anilines is 1. The Bertz CT molecular complexity index is 713. The maximum absolute atomic E-state index is 12.5. The normalized spacial score (nSPS) is 22.1. The summed E-state index contributed by atoms with van der Waals surface area (Å²) < 4.78 is 0. The van der Waals surface area contributed by atoms with Gasteiger partial charge in [0.2, 0.25) is 0 Å². The predicted octanol–water partition coefficient (Wildman–Crippen LogP) is 1.62. The van der Waals surface area contributed by atoms with Crippen molar-refractivity contribution in [1.29, 1.82) is 0 Å². The van der Waals surface area contributed by atoms with Crippen LogP contribution in [0.5, 0.6) is 0 Å². The summed E-state index contributed by atoms with van der Waals surface area (Å²) in [5.41, 5.74) is 0.585. The number of amides is 1. The number of hydrazone groups is 1. The van der Waals surface area contributed by atoms with Gasteiger partial charge >= 0.3 is 5.97 Å². The van der Waals surface area contributed by atoms with Crippen molar-refractivity contribution in [1.82, 2.24) is 5.32 Å². The van der Waals surface area contributed by atoms with Gasteiger partial charge in [-0.1, -0.05) is 32.0 Å². The van der Waals surface area contributed by atoms with Gasteiger partial charge in [0.15, 0.2) is 6.04 Å². The second-order valence-corrected chi connectivity index (χ2v) is 7.52. The molecule has 7 heteroatoms. The Morgan fingerprint density at radius 1 is 1.31 bits per heavy atom. The number of rotatable bonds is 7. The van der Waals surface area contributed by atoms with Gasteiger partial charge < -0.3 is 15.5 Å². The lowest BCUT2D eigenvalue weighted by molar-refractivity contribution is -0.138. The molecule has 1 aromatic rings. The van der Waals surface area contributed by atoms with Crippen LogP contribution in [0.4, 0.5) is 5.69 Å². The molecule has 2 unspecified atom stereocenters. The predicted molar refractivity (Wildman–Crippen MR) is 97.9 cm³/mol. The molecule has 1 aliphatic heterocycles. The minimum atomic E-state index is -1.02. The molecule has 3 rings (SSSR count). The van der Waals surface area contributed by atoms with Crippen molar-refractivity contribution in [3.05, 3.63) is 30.3 Å². The minimum Gasteiger partial charge on any atom is -0.480 e. The number of hydrogen-bond donors (Lipinski definition) is 3. The number of aliphatic hydroxyl groups excluding tert-OH is 1. The third kappa shape index (κ3) is 3.58. The molecule has 140 valence electrons. The number of aliphatic hydroxyl groups is 1. The van der Waals surface area contributed by atoms with Gasteiger partial charge in [-0.2, -0.15) is 5.10 Å². The maximum Gasteiger partial charge on any atom is 0.328 e. The summed E-state index contributed by atoms with van der Waals surface area (Å²) in [7, 11) is 0. The smallest absolute Gasteiger partial charge is 0.328 e. The van der Waals surface area contributed by atoms with E-state index in [9.17, 15) is 19.8 Å². The number of aliphatic carboxylic acids is 1. The van der Waals surface area contributed by atoms with Crippen LogP contribution in [0.15, 0.2) is 35.4 Å². The van der Waals surface area contributed by atoms with E-state index in [4.69, 9.17) is 0 Å². The number of carbonyl (C=O) groups is 2. The Kier molecular flexibility index (Phi) is 5.00. The largest absolute Gasteiger partial charge is 0.480 e. The summed E-state index contributed by atoms with van der Waals surface area (Å²) >= 11 is 0. The molecule has 0 aromatic heterocycles. The second-order valence-electron chi connectivity index (χ2n) is 7.52. The van der Waals surface area contributed by atoms with E-state index in [1.54, 1.807) is 24.3 Å². The SMILES string of the molecule is CC(C)C(O)C1(CNC(=O)C2=NN(c3ccccc3)C(C(=O)O)C2)CC1. The summed E-state index contributed by atoms with van der Waals surface area (Å²) in [5, 5.41) is 28.3. The van der Waals surface area contributed by atoms with Crippen LogP contribution in [0.25, 0.3) is 0 Å². The molecular formula is C19H25N3O4. The fourth-order valence-corrected chi connectivity index (χ4v) is 3.46. The van der Waals surface area contributed by atoms with Gasteiger partial charge in [-0.05, 0) is 30.9 Å². The van der Waals surface area contributed by atoms with Crippen LogP contribution in [-0.4, -0.2) is 46.5 Å². The molecule has 2 aliphatic rings. The van der Waals surface area contributed by atoms with Gasteiger partial charge in [0.25, 0.3) is 5.91 Å². The van der Waals surface area contributed by atoms with Crippen LogP contribution in [0.1, 0.15) is 33.1 Å². The van der Waals surface area contributed by atoms with Crippen molar-refractivity contribution >= 4 is 23.3 Å². The number of hydrogen-bond acceptors (Lipinski definition) is 5. The van der Waals surface area contributed by atoms with Gasteiger partial charge in [-0.15, -0.1) is 0 Å². The van der Waals surface area contributed by atoms with Gasteiger partial charge in [0.1, 0.15) is 5.71 Å². The number of carbonyl (C=O) groups excluding carboxylic acids is 1. The van der Waals surface area contributed by atoms with Crippen LogP contribution in [-0.2, 0) is 9.59 Å². The van der Waals surface area contributed by atoms with Crippen molar-refractivity contribution < 1.29 is 19.8 Å². The summed E-state index contributed by atoms with van der Waals surface area (Å²) in [5.74, 6) is -1.26. The van der Waals surface area contributed by atoms with Gasteiger partial charge in [0, 0.05) is 18.4 Å². The molecule has 26 heavy (non-hydrogen) atoms. The highest BCUT2D eigenvalue weighted by Crippen LogP contribution is 2.50. The molecule has 1 aromatic carbocycles. The zero-order chi connectivity index (χ0) is 18.9. The molecule has 1 saturated carbocycles. The molecule has 2 atom stereocenters. The lowest BCUT2D eigenvalue weighted by Gasteiger charge is -2.25. The first-order valence-electron chi connectivity index (χ1n) is 8.95. The van der Waals surface area contributed by atoms with E-state index in [0.717, 1.165) is 12.8 Å². The van der Waals surface area contributed by atoms with E-state index < -0.39 is 18.1 Å². The van der Waals surface area contributed by atoms with Gasteiger partial charge in [-0.3, -0.25) is 9.80 Å². The number of nitrogens with zero attached hydrogens (tertiary/aromatic N) is 2. The Morgan fingerprint density at radius 2 is 1.96 bits per heavy atom. The fourth-order valence-electron chi connectivity index (χ4n) is 3.46. The molecule has 1 aliphatic carbocycles. The molecular weight excluding hydrogens is 334 g/mol. The van der Waals surface area contributed by atoms with Crippen molar-refractivity contribution in [2.24, 2.45) is 16.4 Å². The molecule has 0 bridgehead atoms. The van der Waals surface area contributed by atoms with Crippen LogP contribution >= 0.6 is 0 Å². The minimum absolute atomic E-state index is 0.0514. The van der Waals surface area contributed by atoms with Crippen molar-refractivity contribution in [2.45, 2.75) is 45.3 Å². The summed E-state index contributed by atoms with van der Waals surface area (Å²) in [6.07, 6.45) is 1.36. The summed E-state index contributed by atoms with van der Waals surface area (Å²) in [6, 6.07) is 8.06. The van der Waals surface area contributed by atoms with E-state index in [1.807, 2.05) is 19.9 Å². The van der Waals surface area contributed by atoms with E-state index in [2.05, 4.69) is 10.4 Å². The highest BCUT2D eigenvalue weighted by Gasteiger charge is 2.50. The highest BCUT2D eigenvalue weighted by atomic mass is 16.4. The zero-order valence-electron chi connectivity index (χ0n) is 15.1. The van der Waals surface area contributed by atoms with Crippen LogP contribution in [0.2, 0.25) is 0 Å². The standard InChI is InChI=1S/C19H25N3O4/c1-12(2)16(23)19(8-9-19)11-20-17(24)14-10-15(18(25)26)22(21-14)13-6-4-3-5-7-13/h3-7,12,15-16,23H,8-11H2,1-2H3,(H,20,24)(H,25,26). The number of carboxylic acids is 1. The fraction of sp³-hybridized carbons (Fsp3) is 0.526. The Hall–Kier alpha value is -2.41. The molecule has 0 radical (unpaired) electrons. The number of carboxylic acid groups (broad SMARTS) is 1. The Labute approximate surface area is 152 Å². The van der Waals surface area contributed by atoms with Crippen LogP contribution in [0, 0.1) is 11.3 Å². The highest BCUT2D eigenvalue weighted by molar-refractivity contribution is 6.40. The molecule has 1 amide bonds. The molecule has 0 spiro atoms. The Balaban J connectivity index is 1.69. The first-order valence-corrected chi connectivity index (χ1v) is 8.95. The first kappa shape index (κ1) is 18.4. The van der Waals surface area contributed by atoms with Crippen LogP contribution < -0.4 is 10.3 Å². The molecule has 0 saturated heterocycles. The first-order chi connectivity index (χ1) is 12.3. The third-order valence-corrected chi connectivity index (χ3v) is 5.23. The third-order valence-electron chi connectivity index (χ3n) is 5.23. The maximum atomic E-state index is 12.5. The van der Waals surface area contributed by atoms with E-state index in [1.165, 1.54) is 5.01 Å². The van der Waals surface area contributed by atoms with Crippen molar-refractivity contribution in [3.63, 3.8) is 0 Å². The summed E-state index contributed by atoms with van der Waals surface area (Å²) in [4.78, 5) is 24.1. The summed E-state index contributed by atoms with van der Waals surface area (Å²) in [6.45, 7) is 4.30. The molecule has 1 heterocycles. The Morgan fingerprint density at radius 3 is 2.50 bits per heavy atom. The number of benzene rings is 1. The van der Waals surface area contributed by atoms with E-state index in [0.29, 0.717) is 12.2 Å². The van der Waals surface area contributed by atoms with Gasteiger partial charge in [-0.25, -0.2) is 4.79 Å². The molecule has 7 nitrogen and oxygen atoms in total. The zero-order valence-corrected chi connectivity index (χ0v) is 15.1. The van der Waals surface area contributed by atoms with Crippen molar-refractivity contribution in [2.75, 3.05) is 11.6 Å². The second kappa shape index (κ2) is 7.07. The average molecular weight is 359 g/mol.